The van der Waals surface area contributed by atoms with Crippen molar-refractivity contribution in [3.63, 3.8) is 0 Å². The number of hydrogen-bond donors (Lipinski definition) is 2. The summed E-state index contributed by atoms with van der Waals surface area (Å²) in [5.41, 5.74) is 1.49. The molecule has 0 saturated carbocycles. The molecule has 1 unspecified atom stereocenters. The van der Waals surface area contributed by atoms with Crippen molar-refractivity contribution in [1.82, 2.24) is 0 Å². The molecule has 1 atom stereocenters. The second kappa shape index (κ2) is 11.3. The summed E-state index contributed by atoms with van der Waals surface area (Å²) in [4.78, 5) is 26.1. The van der Waals surface area contributed by atoms with Crippen molar-refractivity contribution in [3.05, 3.63) is 76.3 Å². The van der Waals surface area contributed by atoms with Crippen molar-refractivity contribution >= 4 is 58.2 Å². The van der Waals surface area contributed by atoms with Crippen LogP contribution in [0.5, 0.6) is 11.5 Å². The normalized spacial score (nSPS) is 11.4. The monoisotopic (exact) mass is 504 g/mol. The number of anilines is 2. The molecule has 0 fully saturated rings. The average molecular weight is 505 g/mol. The third-order valence-electron chi connectivity index (χ3n) is 4.61. The van der Waals surface area contributed by atoms with Crippen LogP contribution in [-0.2, 0) is 4.79 Å². The number of methoxy groups -OCH3 is 2. The molecule has 0 heterocycles. The van der Waals surface area contributed by atoms with E-state index in [9.17, 15) is 9.59 Å². The number of hydrogen-bond acceptors (Lipinski definition) is 5. The van der Waals surface area contributed by atoms with Gasteiger partial charge in [0.2, 0.25) is 5.91 Å². The molecule has 3 aromatic carbocycles. The Balaban J connectivity index is 1.66. The van der Waals surface area contributed by atoms with Crippen LogP contribution in [-0.4, -0.2) is 31.3 Å². The zero-order valence-electron chi connectivity index (χ0n) is 18.1. The lowest BCUT2D eigenvalue weighted by molar-refractivity contribution is -0.115. The summed E-state index contributed by atoms with van der Waals surface area (Å²) in [5, 5.41) is 6.12. The molecule has 172 valence electrons. The highest BCUT2D eigenvalue weighted by atomic mass is 35.5. The predicted octanol–water partition coefficient (Wildman–Crippen LogP) is 6.38. The van der Waals surface area contributed by atoms with Gasteiger partial charge in [0.25, 0.3) is 5.91 Å². The molecular formula is C24H22Cl2N2O4S. The Kier molecular flexibility index (Phi) is 8.49. The summed E-state index contributed by atoms with van der Waals surface area (Å²) in [5.74, 6) is 0.497. The summed E-state index contributed by atoms with van der Waals surface area (Å²) in [6.45, 7) is 1.79. The molecule has 0 aliphatic carbocycles. The second-order valence-corrected chi connectivity index (χ2v) is 9.18. The van der Waals surface area contributed by atoms with Gasteiger partial charge in [-0.05, 0) is 61.5 Å². The van der Waals surface area contributed by atoms with Gasteiger partial charge >= 0.3 is 0 Å². The maximum Gasteiger partial charge on any atom is 0.255 e. The Morgan fingerprint density at radius 2 is 1.67 bits per heavy atom. The number of rotatable bonds is 8. The van der Waals surface area contributed by atoms with Gasteiger partial charge in [0.15, 0.2) is 11.5 Å². The highest BCUT2D eigenvalue weighted by Gasteiger charge is 2.17. The number of carbonyl (C=O) groups excluding carboxylic acids is 2. The largest absolute Gasteiger partial charge is 0.493 e. The summed E-state index contributed by atoms with van der Waals surface area (Å²) in [7, 11) is 3.05. The molecule has 33 heavy (non-hydrogen) atoms. The van der Waals surface area contributed by atoms with E-state index in [-0.39, 0.29) is 11.8 Å². The van der Waals surface area contributed by atoms with Gasteiger partial charge in [-0.1, -0.05) is 29.3 Å². The molecule has 0 aliphatic rings. The Labute approximate surface area is 206 Å². The molecule has 3 aromatic rings. The third-order valence-corrected chi connectivity index (χ3v) is 6.26. The van der Waals surface area contributed by atoms with Gasteiger partial charge < -0.3 is 20.1 Å². The smallest absolute Gasteiger partial charge is 0.255 e. The average Bonchev–Trinajstić information content (AvgIpc) is 2.81. The molecule has 0 aromatic heterocycles. The van der Waals surface area contributed by atoms with Crippen LogP contribution in [0.2, 0.25) is 10.0 Å². The fourth-order valence-electron chi connectivity index (χ4n) is 2.91. The first kappa shape index (κ1) is 24.8. The molecule has 2 amide bonds. The zero-order chi connectivity index (χ0) is 24.0. The SMILES string of the molecule is COc1ccc(C(=O)Nc2cccc(SC(C)C(=O)Nc3cc(Cl)ccc3Cl)c2)cc1OC. The number of halogens is 2. The lowest BCUT2D eigenvalue weighted by Crippen LogP contribution is -2.22. The van der Waals surface area contributed by atoms with Gasteiger partial charge in [-0.3, -0.25) is 9.59 Å². The quantitative estimate of drug-likeness (QED) is 0.348. The van der Waals surface area contributed by atoms with E-state index in [0.717, 1.165) is 4.90 Å². The van der Waals surface area contributed by atoms with Crippen molar-refractivity contribution in [2.24, 2.45) is 0 Å². The van der Waals surface area contributed by atoms with Gasteiger partial charge in [0.05, 0.1) is 30.2 Å². The van der Waals surface area contributed by atoms with Crippen LogP contribution in [0.15, 0.2) is 65.6 Å². The van der Waals surface area contributed by atoms with Crippen LogP contribution in [0.3, 0.4) is 0 Å². The minimum Gasteiger partial charge on any atom is -0.493 e. The van der Waals surface area contributed by atoms with E-state index in [1.54, 1.807) is 55.5 Å². The summed E-state index contributed by atoms with van der Waals surface area (Å²) >= 11 is 13.5. The topological polar surface area (TPSA) is 76.7 Å². The van der Waals surface area contributed by atoms with E-state index in [2.05, 4.69) is 10.6 Å². The standard InChI is InChI=1S/C24H22Cl2N2O4S/c1-14(23(29)28-20-12-16(25)8-9-19(20)26)33-18-6-4-5-17(13-18)27-24(30)15-7-10-21(31-2)22(11-15)32-3/h4-14H,1-3H3,(H,27,30)(H,28,29). The van der Waals surface area contributed by atoms with Crippen molar-refractivity contribution in [1.29, 1.82) is 0 Å². The maximum absolute atomic E-state index is 12.7. The van der Waals surface area contributed by atoms with Crippen molar-refractivity contribution in [3.8, 4) is 11.5 Å². The van der Waals surface area contributed by atoms with Crippen molar-refractivity contribution in [2.75, 3.05) is 24.9 Å². The summed E-state index contributed by atoms with van der Waals surface area (Å²) in [6, 6.07) is 17.1. The van der Waals surface area contributed by atoms with Crippen molar-refractivity contribution in [2.45, 2.75) is 17.1 Å². The highest BCUT2D eigenvalue weighted by Crippen LogP contribution is 2.30. The minimum atomic E-state index is -0.420. The number of ether oxygens (including phenoxy) is 2. The Morgan fingerprint density at radius 1 is 0.909 bits per heavy atom. The number of amides is 2. The zero-order valence-corrected chi connectivity index (χ0v) is 20.5. The van der Waals surface area contributed by atoms with Gasteiger partial charge in [0.1, 0.15) is 0 Å². The molecule has 3 rings (SSSR count). The van der Waals surface area contributed by atoms with E-state index < -0.39 is 5.25 Å². The molecule has 6 nitrogen and oxygen atoms in total. The summed E-state index contributed by atoms with van der Waals surface area (Å²) in [6.07, 6.45) is 0. The van der Waals surface area contributed by atoms with Crippen LogP contribution in [0.25, 0.3) is 0 Å². The third kappa shape index (κ3) is 6.57. The second-order valence-electron chi connectivity index (χ2n) is 6.93. The van der Waals surface area contributed by atoms with Crippen LogP contribution in [0.4, 0.5) is 11.4 Å². The molecule has 2 N–H and O–H groups in total. The fraction of sp³-hybridized carbons (Fsp3) is 0.167. The van der Waals surface area contributed by atoms with E-state index in [4.69, 9.17) is 32.7 Å². The Bertz CT molecular complexity index is 1170. The maximum atomic E-state index is 12.7. The van der Waals surface area contributed by atoms with E-state index >= 15 is 0 Å². The molecule has 0 spiro atoms. The molecule has 0 radical (unpaired) electrons. The first-order chi connectivity index (χ1) is 15.8. The van der Waals surface area contributed by atoms with Crippen molar-refractivity contribution < 1.29 is 19.1 Å². The number of nitrogens with one attached hydrogen (secondary N) is 2. The van der Waals surface area contributed by atoms with Gasteiger partial charge in [-0.25, -0.2) is 0 Å². The molecule has 0 saturated heterocycles. The molecular weight excluding hydrogens is 483 g/mol. The van der Waals surface area contributed by atoms with Crippen LogP contribution in [0, 0.1) is 0 Å². The lowest BCUT2D eigenvalue weighted by Gasteiger charge is -2.14. The minimum absolute atomic E-state index is 0.219. The summed E-state index contributed by atoms with van der Waals surface area (Å²) < 4.78 is 10.5. The Morgan fingerprint density at radius 3 is 2.39 bits per heavy atom. The van der Waals surface area contributed by atoms with Crippen LogP contribution >= 0.6 is 35.0 Å². The number of benzene rings is 3. The number of carbonyl (C=O) groups is 2. The first-order valence-electron chi connectivity index (χ1n) is 9.86. The Hall–Kier alpha value is -2.87. The molecule has 0 bridgehead atoms. The van der Waals surface area contributed by atoms with E-state index in [1.807, 2.05) is 12.1 Å². The molecule has 9 heteroatoms. The van der Waals surface area contributed by atoms with Crippen LogP contribution < -0.4 is 20.1 Å². The highest BCUT2D eigenvalue weighted by molar-refractivity contribution is 8.00. The van der Waals surface area contributed by atoms with E-state index in [1.165, 1.54) is 26.0 Å². The first-order valence-corrected chi connectivity index (χ1v) is 11.5. The van der Waals surface area contributed by atoms with Gasteiger partial charge in [-0.2, -0.15) is 0 Å². The number of thioether (sulfide) groups is 1. The van der Waals surface area contributed by atoms with Gasteiger partial charge in [-0.15, -0.1) is 11.8 Å². The molecule has 0 aliphatic heterocycles. The predicted molar refractivity (Wildman–Crippen MR) is 134 cm³/mol. The van der Waals surface area contributed by atoms with E-state index in [0.29, 0.717) is 38.5 Å². The fourth-order valence-corrected chi connectivity index (χ4v) is 4.18. The van der Waals surface area contributed by atoms with Crippen LogP contribution in [0.1, 0.15) is 17.3 Å². The lowest BCUT2D eigenvalue weighted by atomic mass is 10.2. The van der Waals surface area contributed by atoms with Gasteiger partial charge in [0, 0.05) is 21.2 Å².